The number of halogens is 1. The van der Waals surface area contributed by atoms with E-state index in [1.54, 1.807) is 6.07 Å². The van der Waals surface area contributed by atoms with Crippen molar-refractivity contribution in [2.75, 3.05) is 5.32 Å². The molecule has 24 heavy (non-hydrogen) atoms. The number of benzene rings is 2. The SMILES string of the molecule is O=C(Nc1nnc(-c2cccc([N+](=O)[O-])c2)o1)c1ccc(F)cc1. The van der Waals surface area contributed by atoms with E-state index >= 15 is 0 Å². The molecule has 1 aromatic heterocycles. The molecule has 0 atom stereocenters. The number of carbonyl (C=O) groups is 1. The van der Waals surface area contributed by atoms with Gasteiger partial charge in [0.1, 0.15) is 5.82 Å². The number of nitrogens with zero attached hydrogens (tertiary/aromatic N) is 3. The first-order chi connectivity index (χ1) is 11.5. The average molecular weight is 328 g/mol. The van der Waals surface area contributed by atoms with Gasteiger partial charge in [-0.15, -0.1) is 5.10 Å². The van der Waals surface area contributed by atoms with Gasteiger partial charge < -0.3 is 4.42 Å². The van der Waals surface area contributed by atoms with Crippen LogP contribution in [0.2, 0.25) is 0 Å². The van der Waals surface area contributed by atoms with Gasteiger partial charge in [-0.05, 0) is 30.3 Å². The van der Waals surface area contributed by atoms with E-state index in [0.717, 1.165) is 12.1 Å². The summed E-state index contributed by atoms with van der Waals surface area (Å²) in [6.07, 6.45) is 0. The predicted octanol–water partition coefficient (Wildman–Crippen LogP) is 3.04. The van der Waals surface area contributed by atoms with Crippen LogP contribution in [-0.2, 0) is 0 Å². The number of rotatable bonds is 4. The van der Waals surface area contributed by atoms with Gasteiger partial charge in [0, 0.05) is 23.3 Å². The van der Waals surface area contributed by atoms with E-state index in [9.17, 15) is 19.3 Å². The van der Waals surface area contributed by atoms with Gasteiger partial charge >= 0.3 is 6.01 Å². The van der Waals surface area contributed by atoms with E-state index in [1.807, 2.05) is 0 Å². The molecule has 0 saturated carbocycles. The minimum Gasteiger partial charge on any atom is -0.403 e. The Morgan fingerprint density at radius 3 is 2.62 bits per heavy atom. The van der Waals surface area contributed by atoms with E-state index < -0.39 is 16.6 Å². The second kappa shape index (κ2) is 6.24. The van der Waals surface area contributed by atoms with E-state index in [0.29, 0.717) is 5.56 Å². The van der Waals surface area contributed by atoms with Gasteiger partial charge in [-0.25, -0.2) is 4.39 Å². The lowest BCUT2D eigenvalue weighted by Gasteiger charge is -2.00. The molecule has 0 aliphatic heterocycles. The molecule has 1 amide bonds. The number of nitrogens with one attached hydrogen (secondary N) is 1. The zero-order valence-electron chi connectivity index (χ0n) is 12.0. The molecule has 1 heterocycles. The fraction of sp³-hybridized carbons (Fsp3) is 0. The van der Waals surface area contributed by atoms with Crippen LogP contribution < -0.4 is 5.32 Å². The molecule has 120 valence electrons. The van der Waals surface area contributed by atoms with Crippen LogP contribution in [0.4, 0.5) is 16.1 Å². The van der Waals surface area contributed by atoms with Gasteiger partial charge in [0.25, 0.3) is 11.6 Å². The van der Waals surface area contributed by atoms with E-state index in [1.165, 1.54) is 30.3 Å². The van der Waals surface area contributed by atoms with Crippen molar-refractivity contribution in [1.82, 2.24) is 10.2 Å². The highest BCUT2D eigenvalue weighted by Crippen LogP contribution is 2.24. The molecule has 3 rings (SSSR count). The molecule has 0 saturated heterocycles. The Labute approximate surface area is 134 Å². The second-order valence-electron chi connectivity index (χ2n) is 4.68. The maximum Gasteiger partial charge on any atom is 0.322 e. The number of hydrogen-bond donors (Lipinski definition) is 1. The van der Waals surface area contributed by atoms with Crippen LogP contribution in [0.5, 0.6) is 0 Å². The fourth-order valence-electron chi connectivity index (χ4n) is 1.91. The van der Waals surface area contributed by atoms with Gasteiger partial charge in [-0.2, -0.15) is 0 Å². The zero-order chi connectivity index (χ0) is 17.1. The number of anilines is 1. The molecule has 0 radical (unpaired) electrons. The summed E-state index contributed by atoms with van der Waals surface area (Å²) in [5, 5.41) is 20.5. The van der Waals surface area contributed by atoms with Crippen molar-refractivity contribution < 1.29 is 18.5 Å². The lowest BCUT2D eigenvalue weighted by Crippen LogP contribution is -2.12. The first-order valence-electron chi connectivity index (χ1n) is 6.68. The summed E-state index contributed by atoms with van der Waals surface area (Å²) in [5.41, 5.74) is 0.438. The maximum atomic E-state index is 12.8. The summed E-state index contributed by atoms with van der Waals surface area (Å²) >= 11 is 0. The van der Waals surface area contributed by atoms with Crippen LogP contribution in [0.25, 0.3) is 11.5 Å². The van der Waals surface area contributed by atoms with Crippen LogP contribution in [0.15, 0.2) is 52.9 Å². The topological polar surface area (TPSA) is 111 Å². The lowest BCUT2D eigenvalue weighted by molar-refractivity contribution is -0.384. The lowest BCUT2D eigenvalue weighted by atomic mass is 10.2. The summed E-state index contributed by atoms with van der Waals surface area (Å²) in [7, 11) is 0. The van der Waals surface area contributed by atoms with E-state index in [4.69, 9.17) is 4.42 Å². The molecule has 8 nitrogen and oxygen atoms in total. The number of nitro groups is 1. The van der Waals surface area contributed by atoms with Crippen molar-refractivity contribution in [2.45, 2.75) is 0 Å². The number of carbonyl (C=O) groups excluding carboxylic acids is 1. The van der Waals surface area contributed by atoms with Crippen molar-refractivity contribution in [2.24, 2.45) is 0 Å². The van der Waals surface area contributed by atoms with Gasteiger partial charge in [0.15, 0.2) is 0 Å². The fourth-order valence-corrected chi connectivity index (χ4v) is 1.91. The predicted molar refractivity (Wildman–Crippen MR) is 80.7 cm³/mol. The van der Waals surface area contributed by atoms with Crippen LogP contribution in [-0.4, -0.2) is 21.0 Å². The molecule has 0 aliphatic rings. The Hall–Kier alpha value is -3.62. The van der Waals surface area contributed by atoms with Crippen LogP contribution in [0.3, 0.4) is 0 Å². The molecule has 0 spiro atoms. The highest BCUT2D eigenvalue weighted by Gasteiger charge is 2.15. The molecule has 3 aromatic rings. The summed E-state index contributed by atoms with van der Waals surface area (Å²) < 4.78 is 18.1. The highest BCUT2D eigenvalue weighted by molar-refractivity contribution is 6.03. The van der Waals surface area contributed by atoms with Crippen LogP contribution in [0, 0.1) is 15.9 Å². The summed E-state index contributed by atoms with van der Waals surface area (Å²) in [4.78, 5) is 22.2. The molecule has 2 aromatic carbocycles. The van der Waals surface area contributed by atoms with Gasteiger partial charge in [0.05, 0.1) is 4.92 Å². The summed E-state index contributed by atoms with van der Waals surface area (Å²) in [6, 6.07) is 10.4. The highest BCUT2D eigenvalue weighted by atomic mass is 19.1. The molecule has 9 heteroatoms. The quantitative estimate of drug-likeness (QED) is 0.582. The van der Waals surface area contributed by atoms with Crippen LogP contribution in [0.1, 0.15) is 10.4 Å². The third-order valence-corrected chi connectivity index (χ3v) is 3.06. The minimum absolute atomic E-state index is 0.0214. The molecular formula is C15H9FN4O4. The van der Waals surface area contributed by atoms with Crippen molar-refractivity contribution >= 4 is 17.6 Å². The molecule has 0 fully saturated rings. The third kappa shape index (κ3) is 3.24. The number of amides is 1. The zero-order valence-corrected chi connectivity index (χ0v) is 12.0. The van der Waals surface area contributed by atoms with Gasteiger partial charge in [0.2, 0.25) is 5.89 Å². The van der Waals surface area contributed by atoms with Crippen LogP contribution >= 0.6 is 0 Å². The number of aromatic nitrogens is 2. The summed E-state index contributed by atoms with van der Waals surface area (Å²) in [5.74, 6) is -0.991. The summed E-state index contributed by atoms with van der Waals surface area (Å²) in [6.45, 7) is 0. The maximum absolute atomic E-state index is 12.8. The van der Waals surface area contributed by atoms with Crippen molar-refractivity contribution in [1.29, 1.82) is 0 Å². The number of nitro benzene ring substituents is 1. The molecule has 0 unspecified atom stereocenters. The third-order valence-electron chi connectivity index (χ3n) is 3.06. The Morgan fingerprint density at radius 2 is 1.92 bits per heavy atom. The standard InChI is InChI=1S/C15H9FN4O4/c16-11-6-4-9(5-7-11)13(21)17-15-19-18-14(24-15)10-2-1-3-12(8-10)20(22)23/h1-8H,(H,17,19,21). The molecular weight excluding hydrogens is 319 g/mol. The smallest absolute Gasteiger partial charge is 0.322 e. The molecule has 0 bridgehead atoms. The van der Waals surface area contributed by atoms with Crippen molar-refractivity contribution in [3.05, 3.63) is 70.0 Å². The number of non-ortho nitro benzene ring substituents is 1. The van der Waals surface area contributed by atoms with Crippen molar-refractivity contribution in [3.8, 4) is 11.5 Å². The Bertz CT molecular complexity index is 908. The van der Waals surface area contributed by atoms with E-state index in [-0.39, 0.29) is 23.2 Å². The first kappa shape index (κ1) is 15.3. The Balaban J connectivity index is 1.78. The second-order valence-corrected chi connectivity index (χ2v) is 4.68. The average Bonchev–Trinajstić information content (AvgIpc) is 3.04. The molecule has 1 N–H and O–H groups in total. The largest absolute Gasteiger partial charge is 0.403 e. The van der Waals surface area contributed by atoms with Gasteiger partial charge in [-0.3, -0.25) is 20.2 Å². The molecule has 0 aliphatic carbocycles. The minimum atomic E-state index is -0.552. The van der Waals surface area contributed by atoms with Crippen molar-refractivity contribution in [3.63, 3.8) is 0 Å². The Morgan fingerprint density at radius 1 is 1.17 bits per heavy atom. The monoisotopic (exact) mass is 328 g/mol. The first-order valence-corrected chi connectivity index (χ1v) is 6.68. The number of hydrogen-bond acceptors (Lipinski definition) is 6. The van der Waals surface area contributed by atoms with E-state index in [2.05, 4.69) is 15.5 Å². The van der Waals surface area contributed by atoms with Gasteiger partial charge in [-0.1, -0.05) is 11.2 Å². The Kier molecular flexibility index (Phi) is 3.98. The normalized spacial score (nSPS) is 10.4.